The summed E-state index contributed by atoms with van der Waals surface area (Å²) in [7, 11) is 1.60. The highest BCUT2D eigenvalue weighted by Gasteiger charge is 2.55. The Hall–Kier alpha value is -2.91. The predicted molar refractivity (Wildman–Crippen MR) is 108 cm³/mol. The van der Waals surface area contributed by atoms with Gasteiger partial charge in [0.1, 0.15) is 18.1 Å². The SMILES string of the molecule is CCOC(=O)[C@H](O)[C@]1(COC(C)=O)OC(CCCOCc2ccc(OC)cc2)=CC1=O. The van der Waals surface area contributed by atoms with Gasteiger partial charge in [-0.25, -0.2) is 4.79 Å². The number of ether oxygens (including phenoxy) is 5. The summed E-state index contributed by atoms with van der Waals surface area (Å²) < 4.78 is 26.1. The number of carbonyl (C=O) groups excluding carboxylic acids is 3. The average Bonchev–Trinajstić information content (AvgIpc) is 3.08. The van der Waals surface area contributed by atoms with E-state index in [0.29, 0.717) is 26.1 Å². The smallest absolute Gasteiger partial charge is 0.339 e. The molecule has 1 heterocycles. The molecule has 0 amide bonds. The fourth-order valence-electron chi connectivity index (χ4n) is 2.96. The molecule has 0 saturated heterocycles. The molecule has 1 N–H and O–H groups in total. The lowest BCUT2D eigenvalue weighted by Crippen LogP contribution is -2.56. The molecule has 1 aliphatic rings. The monoisotopic (exact) mass is 436 g/mol. The molecule has 0 unspecified atom stereocenters. The van der Waals surface area contributed by atoms with Gasteiger partial charge in [-0.15, -0.1) is 0 Å². The molecule has 2 atom stereocenters. The van der Waals surface area contributed by atoms with Crippen molar-refractivity contribution in [2.75, 3.05) is 26.9 Å². The first-order valence-corrected chi connectivity index (χ1v) is 9.95. The van der Waals surface area contributed by atoms with Gasteiger partial charge in [0.25, 0.3) is 0 Å². The molecule has 0 aliphatic carbocycles. The topological polar surface area (TPSA) is 118 Å². The fraction of sp³-hybridized carbons (Fsp3) is 0.500. The van der Waals surface area contributed by atoms with Crippen LogP contribution in [-0.4, -0.2) is 61.5 Å². The zero-order valence-corrected chi connectivity index (χ0v) is 17.9. The molecule has 9 nitrogen and oxygen atoms in total. The third kappa shape index (κ3) is 6.53. The van der Waals surface area contributed by atoms with Crippen molar-refractivity contribution in [2.24, 2.45) is 0 Å². The third-order valence-electron chi connectivity index (χ3n) is 4.60. The van der Waals surface area contributed by atoms with Gasteiger partial charge >= 0.3 is 11.9 Å². The van der Waals surface area contributed by atoms with Crippen LogP contribution < -0.4 is 4.74 Å². The van der Waals surface area contributed by atoms with Gasteiger partial charge < -0.3 is 28.8 Å². The van der Waals surface area contributed by atoms with Crippen molar-refractivity contribution in [2.45, 2.75) is 45.0 Å². The average molecular weight is 436 g/mol. The van der Waals surface area contributed by atoms with Crippen molar-refractivity contribution >= 4 is 17.7 Å². The normalized spacial score (nSPS) is 18.7. The van der Waals surface area contributed by atoms with Gasteiger partial charge in [0, 0.05) is 26.0 Å². The molecule has 1 aromatic carbocycles. The molecule has 0 fully saturated rings. The Morgan fingerprint density at radius 1 is 1.19 bits per heavy atom. The summed E-state index contributed by atoms with van der Waals surface area (Å²) in [6.45, 7) is 2.95. The van der Waals surface area contributed by atoms with Gasteiger partial charge in [-0.2, -0.15) is 0 Å². The van der Waals surface area contributed by atoms with Gasteiger partial charge in [-0.1, -0.05) is 12.1 Å². The second-order valence-electron chi connectivity index (χ2n) is 6.91. The quantitative estimate of drug-likeness (QED) is 0.386. The maximum absolute atomic E-state index is 12.6. The van der Waals surface area contributed by atoms with Gasteiger partial charge in [0.05, 0.1) is 20.3 Å². The number of ketones is 1. The molecule has 31 heavy (non-hydrogen) atoms. The molecule has 0 saturated carbocycles. The zero-order valence-electron chi connectivity index (χ0n) is 17.9. The highest BCUT2D eigenvalue weighted by molar-refractivity contribution is 6.03. The molecule has 1 aromatic rings. The first-order valence-electron chi connectivity index (χ1n) is 9.95. The number of carbonyl (C=O) groups is 3. The zero-order chi connectivity index (χ0) is 22.9. The van der Waals surface area contributed by atoms with Crippen LogP contribution in [0.4, 0.5) is 0 Å². The van der Waals surface area contributed by atoms with Crippen LogP contribution >= 0.6 is 0 Å². The van der Waals surface area contributed by atoms with Crippen LogP contribution in [-0.2, 0) is 39.9 Å². The molecule has 170 valence electrons. The van der Waals surface area contributed by atoms with Crippen LogP contribution in [0.15, 0.2) is 36.1 Å². The highest BCUT2D eigenvalue weighted by atomic mass is 16.6. The van der Waals surface area contributed by atoms with E-state index in [4.69, 9.17) is 23.7 Å². The Kier molecular flexibility index (Phi) is 9.02. The summed E-state index contributed by atoms with van der Waals surface area (Å²) in [6.07, 6.45) is 0.148. The minimum absolute atomic E-state index is 0.0134. The Morgan fingerprint density at radius 2 is 1.90 bits per heavy atom. The number of rotatable bonds is 12. The van der Waals surface area contributed by atoms with Gasteiger partial charge in [0.2, 0.25) is 17.5 Å². The Labute approximate surface area is 180 Å². The van der Waals surface area contributed by atoms with Crippen LogP contribution in [0.5, 0.6) is 5.75 Å². The van der Waals surface area contributed by atoms with Crippen LogP contribution in [0, 0.1) is 0 Å². The van der Waals surface area contributed by atoms with Crippen LogP contribution in [0.2, 0.25) is 0 Å². The molecule has 1 aliphatic heterocycles. The summed E-state index contributed by atoms with van der Waals surface area (Å²) >= 11 is 0. The van der Waals surface area contributed by atoms with E-state index < -0.39 is 36.0 Å². The van der Waals surface area contributed by atoms with Crippen molar-refractivity contribution in [3.8, 4) is 5.75 Å². The fourth-order valence-corrected chi connectivity index (χ4v) is 2.96. The van der Waals surface area contributed by atoms with Crippen LogP contribution in [0.1, 0.15) is 32.3 Å². The summed E-state index contributed by atoms with van der Waals surface area (Å²) in [4.78, 5) is 35.8. The van der Waals surface area contributed by atoms with Gasteiger partial charge in [-0.05, 0) is 31.0 Å². The first-order chi connectivity index (χ1) is 14.8. The molecule has 9 heteroatoms. The molecule has 2 rings (SSSR count). The van der Waals surface area contributed by atoms with E-state index in [9.17, 15) is 19.5 Å². The summed E-state index contributed by atoms with van der Waals surface area (Å²) in [5.41, 5.74) is -1.05. The Morgan fingerprint density at radius 3 is 2.52 bits per heavy atom. The lowest BCUT2D eigenvalue weighted by atomic mass is 9.93. The van der Waals surface area contributed by atoms with E-state index >= 15 is 0 Å². The maximum Gasteiger partial charge on any atom is 0.339 e. The van der Waals surface area contributed by atoms with Crippen molar-refractivity contribution in [3.05, 3.63) is 41.7 Å². The van der Waals surface area contributed by atoms with Crippen molar-refractivity contribution in [3.63, 3.8) is 0 Å². The van der Waals surface area contributed by atoms with E-state index in [0.717, 1.165) is 18.2 Å². The Balaban J connectivity index is 1.89. The van der Waals surface area contributed by atoms with E-state index in [2.05, 4.69) is 0 Å². The van der Waals surface area contributed by atoms with Crippen molar-refractivity contribution < 1.29 is 43.2 Å². The summed E-state index contributed by atoms with van der Waals surface area (Å²) in [5.74, 6) is -1.33. The molecule has 0 aromatic heterocycles. The number of aliphatic hydroxyl groups excluding tert-OH is 1. The minimum atomic E-state index is -2.04. The molecular formula is C22H28O9. The predicted octanol–water partition coefficient (Wildman–Crippen LogP) is 1.70. The highest BCUT2D eigenvalue weighted by Crippen LogP contribution is 2.32. The largest absolute Gasteiger partial charge is 0.497 e. The molecule has 0 spiro atoms. The lowest BCUT2D eigenvalue weighted by molar-refractivity contribution is -0.183. The van der Waals surface area contributed by atoms with E-state index in [1.54, 1.807) is 14.0 Å². The molecular weight excluding hydrogens is 408 g/mol. The number of allylic oxidation sites excluding steroid dienone is 1. The Bertz CT molecular complexity index is 800. The number of esters is 2. The molecule has 0 bridgehead atoms. The number of methoxy groups -OCH3 is 1. The third-order valence-corrected chi connectivity index (χ3v) is 4.60. The van der Waals surface area contributed by atoms with Crippen molar-refractivity contribution in [1.29, 1.82) is 0 Å². The molecule has 0 radical (unpaired) electrons. The van der Waals surface area contributed by atoms with Crippen LogP contribution in [0.25, 0.3) is 0 Å². The van der Waals surface area contributed by atoms with Crippen molar-refractivity contribution in [1.82, 2.24) is 0 Å². The second-order valence-corrected chi connectivity index (χ2v) is 6.91. The first kappa shape index (κ1) is 24.4. The maximum atomic E-state index is 12.6. The number of hydrogen-bond donors (Lipinski definition) is 1. The number of benzene rings is 1. The second kappa shape index (κ2) is 11.5. The van der Waals surface area contributed by atoms with Gasteiger partial charge in [-0.3, -0.25) is 9.59 Å². The van der Waals surface area contributed by atoms with E-state index in [1.165, 1.54) is 6.08 Å². The standard InChI is InChI=1S/C22H28O9/c1-4-29-21(26)20(25)22(14-30-15(2)23)19(24)12-18(31-22)6-5-11-28-13-16-7-9-17(27-3)10-8-16/h7-10,12,20,25H,4-6,11,13-14H2,1-3H3/t20-,22+/m0/s1. The van der Waals surface area contributed by atoms with Gasteiger partial charge in [0.15, 0.2) is 0 Å². The number of hydrogen-bond acceptors (Lipinski definition) is 9. The summed E-state index contributed by atoms with van der Waals surface area (Å²) in [5, 5.41) is 10.4. The minimum Gasteiger partial charge on any atom is -0.497 e. The lowest BCUT2D eigenvalue weighted by Gasteiger charge is -2.30. The number of aliphatic hydroxyl groups is 1. The van der Waals surface area contributed by atoms with Crippen LogP contribution in [0.3, 0.4) is 0 Å². The summed E-state index contributed by atoms with van der Waals surface area (Å²) in [6, 6.07) is 7.50. The van der Waals surface area contributed by atoms with E-state index in [-0.39, 0.29) is 12.4 Å². The van der Waals surface area contributed by atoms with E-state index in [1.807, 2.05) is 24.3 Å².